The average molecular weight is 268 g/mol. The molecule has 0 radical (unpaired) electrons. The predicted molar refractivity (Wildman–Crippen MR) is 57.3 cm³/mol. The van der Waals surface area contributed by atoms with Crippen LogP contribution in [0.5, 0.6) is 0 Å². The number of carboxylic acids is 1. The SMILES string of the molecule is CO[C@@]1([C@H](C)Cl)C[C@@H](C(=O)O)C[C@@H]1O[N+](=O)[O-]. The number of aliphatic carboxylic acids is 1. The van der Waals surface area contributed by atoms with Gasteiger partial charge in [-0.3, -0.25) is 4.79 Å². The van der Waals surface area contributed by atoms with Gasteiger partial charge in [-0.1, -0.05) is 0 Å². The molecule has 0 amide bonds. The number of hydrogen-bond donors (Lipinski definition) is 1. The summed E-state index contributed by atoms with van der Waals surface area (Å²) in [6.07, 6.45) is -0.848. The van der Waals surface area contributed by atoms with Crippen molar-refractivity contribution >= 4 is 17.6 Å². The van der Waals surface area contributed by atoms with Gasteiger partial charge in [0.25, 0.3) is 5.09 Å². The summed E-state index contributed by atoms with van der Waals surface area (Å²) in [5.74, 6) is -1.78. The maximum Gasteiger partial charge on any atom is 0.306 e. The zero-order chi connectivity index (χ0) is 13.2. The number of carbonyl (C=O) groups is 1. The molecular formula is C9H14ClNO6. The third-order valence-corrected chi connectivity index (χ3v) is 3.59. The van der Waals surface area contributed by atoms with Crippen LogP contribution in [0.25, 0.3) is 0 Å². The molecule has 0 aromatic rings. The molecule has 0 unspecified atom stereocenters. The smallest absolute Gasteiger partial charge is 0.306 e. The summed E-state index contributed by atoms with van der Waals surface area (Å²) in [7, 11) is 1.35. The van der Waals surface area contributed by atoms with Gasteiger partial charge in [-0.05, 0) is 19.8 Å². The van der Waals surface area contributed by atoms with Crippen molar-refractivity contribution in [1.29, 1.82) is 0 Å². The van der Waals surface area contributed by atoms with Gasteiger partial charge in [0.1, 0.15) is 11.7 Å². The molecule has 17 heavy (non-hydrogen) atoms. The Morgan fingerprint density at radius 2 is 2.29 bits per heavy atom. The molecule has 0 spiro atoms. The Morgan fingerprint density at radius 1 is 1.71 bits per heavy atom. The van der Waals surface area contributed by atoms with E-state index in [1.54, 1.807) is 6.92 Å². The molecular weight excluding hydrogens is 254 g/mol. The molecule has 1 fully saturated rings. The lowest BCUT2D eigenvalue weighted by Gasteiger charge is -2.34. The highest BCUT2D eigenvalue weighted by Gasteiger charge is 2.55. The number of rotatable bonds is 5. The zero-order valence-corrected chi connectivity index (χ0v) is 10.2. The molecule has 0 saturated heterocycles. The van der Waals surface area contributed by atoms with Gasteiger partial charge in [-0.15, -0.1) is 21.7 Å². The second-order valence-corrected chi connectivity index (χ2v) is 4.72. The third kappa shape index (κ3) is 2.61. The molecule has 0 aliphatic heterocycles. The first-order chi connectivity index (χ1) is 7.83. The van der Waals surface area contributed by atoms with Gasteiger partial charge in [-0.2, -0.15) is 0 Å². The molecule has 4 atom stereocenters. The number of methoxy groups -OCH3 is 1. The highest BCUT2D eigenvalue weighted by molar-refractivity contribution is 6.21. The van der Waals surface area contributed by atoms with E-state index in [4.69, 9.17) is 21.4 Å². The lowest BCUT2D eigenvalue weighted by Crippen LogP contribution is -2.48. The summed E-state index contributed by atoms with van der Waals surface area (Å²) in [4.78, 5) is 25.8. The molecule has 98 valence electrons. The largest absolute Gasteiger partial charge is 0.481 e. The van der Waals surface area contributed by atoms with Crippen molar-refractivity contribution in [3.63, 3.8) is 0 Å². The van der Waals surface area contributed by atoms with E-state index in [1.807, 2.05) is 0 Å². The molecule has 1 rings (SSSR count). The molecule has 7 nitrogen and oxygen atoms in total. The fraction of sp³-hybridized carbons (Fsp3) is 0.889. The zero-order valence-electron chi connectivity index (χ0n) is 9.46. The Kier molecular flexibility index (Phi) is 4.16. The first kappa shape index (κ1) is 14.0. The quantitative estimate of drug-likeness (QED) is 0.454. The average Bonchev–Trinajstić information content (AvgIpc) is 2.57. The van der Waals surface area contributed by atoms with E-state index >= 15 is 0 Å². The van der Waals surface area contributed by atoms with Crippen LogP contribution in [0.15, 0.2) is 0 Å². The molecule has 0 heterocycles. The second kappa shape index (κ2) is 5.05. The first-order valence-electron chi connectivity index (χ1n) is 5.06. The monoisotopic (exact) mass is 267 g/mol. The minimum atomic E-state index is -1.14. The number of halogens is 1. The van der Waals surface area contributed by atoms with Crippen LogP contribution in [-0.4, -0.2) is 40.4 Å². The minimum absolute atomic E-state index is 0.0151. The lowest BCUT2D eigenvalue weighted by atomic mass is 9.94. The number of ether oxygens (including phenoxy) is 1. The summed E-state index contributed by atoms with van der Waals surface area (Å²) in [6.45, 7) is 1.60. The fourth-order valence-electron chi connectivity index (χ4n) is 2.28. The van der Waals surface area contributed by atoms with Crippen LogP contribution in [-0.2, 0) is 14.4 Å². The van der Waals surface area contributed by atoms with Gasteiger partial charge in [0.15, 0.2) is 0 Å². The molecule has 0 bridgehead atoms. The maximum atomic E-state index is 10.9. The molecule has 8 heteroatoms. The molecule has 0 aromatic carbocycles. The standard InChI is InChI=1S/C9H14ClNO6/c1-5(10)9(16-2)4-6(8(12)13)3-7(9)17-11(14)15/h5-7H,3-4H2,1-2H3,(H,12,13)/t5-,6-,7-,9+/m0/s1. The van der Waals surface area contributed by atoms with Gasteiger partial charge >= 0.3 is 5.97 Å². The van der Waals surface area contributed by atoms with Crippen LogP contribution in [0.3, 0.4) is 0 Å². The topological polar surface area (TPSA) is 98.9 Å². The summed E-state index contributed by atoms with van der Waals surface area (Å²) < 4.78 is 5.23. The minimum Gasteiger partial charge on any atom is -0.481 e. The van der Waals surface area contributed by atoms with Crippen molar-refractivity contribution in [1.82, 2.24) is 0 Å². The van der Waals surface area contributed by atoms with E-state index in [2.05, 4.69) is 4.84 Å². The van der Waals surface area contributed by atoms with E-state index in [9.17, 15) is 14.9 Å². The molecule has 0 aromatic heterocycles. The van der Waals surface area contributed by atoms with E-state index in [0.29, 0.717) is 0 Å². The predicted octanol–water partition coefficient (Wildman–Crippen LogP) is 1.07. The van der Waals surface area contributed by atoms with Crippen LogP contribution in [0.4, 0.5) is 0 Å². The Balaban J connectivity index is 2.97. The Labute approximate surface area is 103 Å². The number of carboxylic acid groups (broad SMARTS) is 1. The molecule has 1 aliphatic rings. The van der Waals surface area contributed by atoms with Crippen molar-refractivity contribution in [2.24, 2.45) is 5.92 Å². The van der Waals surface area contributed by atoms with E-state index in [0.717, 1.165) is 0 Å². The van der Waals surface area contributed by atoms with Crippen molar-refractivity contribution in [2.75, 3.05) is 7.11 Å². The van der Waals surface area contributed by atoms with Crippen LogP contribution >= 0.6 is 11.6 Å². The Bertz CT molecular complexity index is 323. The highest BCUT2D eigenvalue weighted by Crippen LogP contribution is 2.43. The summed E-state index contributed by atoms with van der Waals surface area (Å²) in [5, 5.41) is 17.8. The van der Waals surface area contributed by atoms with Gasteiger partial charge in [-0.25, -0.2) is 0 Å². The van der Waals surface area contributed by atoms with Gasteiger partial charge in [0.05, 0.1) is 11.3 Å². The van der Waals surface area contributed by atoms with Crippen LogP contribution in [0, 0.1) is 16.0 Å². The molecule has 1 N–H and O–H groups in total. The van der Waals surface area contributed by atoms with E-state index in [1.165, 1.54) is 7.11 Å². The normalized spacial score (nSPS) is 34.3. The Hall–Kier alpha value is -1.08. The van der Waals surface area contributed by atoms with Gasteiger partial charge in [0, 0.05) is 7.11 Å². The van der Waals surface area contributed by atoms with Crippen molar-refractivity contribution in [3.05, 3.63) is 10.1 Å². The number of nitrogens with zero attached hydrogens (tertiary/aromatic N) is 1. The molecule has 1 saturated carbocycles. The summed E-state index contributed by atoms with van der Waals surface area (Å²) >= 11 is 5.97. The first-order valence-corrected chi connectivity index (χ1v) is 5.50. The van der Waals surface area contributed by atoms with Crippen LogP contribution < -0.4 is 0 Å². The van der Waals surface area contributed by atoms with Gasteiger partial charge in [0.2, 0.25) is 0 Å². The lowest BCUT2D eigenvalue weighted by molar-refractivity contribution is -0.772. The van der Waals surface area contributed by atoms with Crippen molar-refractivity contribution in [3.8, 4) is 0 Å². The highest BCUT2D eigenvalue weighted by atomic mass is 35.5. The maximum absolute atomic E-state index is 10.9. The molecule has 1 aliphatic carbocycles. The van der Waals surface area contributed by atoms with Crippen LogP contribution in [0.2, 0.25) is 0 Å². The third-order valence-electron chi connectivity index (χ3n) is 3.22. The van der Waals surface area contributed by atoms with E-state index in [-0.39, 0.29) is 12.8 Å². The van der Waals surface area contributed by atoms with Crippen LogP contribution in [0.1, 0.15) is 19.8 Å². The number of alkyl halides is 1. The fourth-order valence-corrected chi connectivity index (χ4v) is 2.60. The number of hydrogen-bond acceptors (Lipinski definition) is 5. The summed E-state index contributed by atoms with van der Waals surface area (Å²) in [6, 6.07) is 0. The van der Waals surface area contributed by atoms with E-state index < -0.39 is 34.1 Å². The summed E-state index contributed by atoms with van der Waals surface area (Å²) in [5.41, 5.74) is -1.14. The second-order valence-electron chi connectivity index (χ2n) is 4.07. The van der Waals surface area contributed by atoms with Gasteiger partial charge < -0.3 is 14.7 Å². The van der Waals surface area contributed by atoms with Crippen molar-refractivity contribution in [2.45, 2.75) is 36.8 Å². The Morgan fingerprint density at radius 3 is 2.65 bits per heavy atom. The van der Waals surface area contributed by atoms with Crippen molar-refractivity contribution < 1.29 is 24.6 Å².